The van der Waals surface area contributed by atoms with Crippen LogP contribution in [0.25, 0.3) is 27.2 Å². The predicted molar refractivity (Wildman–Crippen MR) is 290 cm³/mol. The number of rotatable bonds is 8. The lowest BCUT2D eigenvalue weighted by molar-refractivity contribution is 0.652. The van der Waals surface area contributed by atoms with Gasteiger partial charge in [-0.05, 0) is 134 Å². The largest absolute Gasteiger partial charge is 0.309 e. The van der Waals surface area contributed by atoms with Crippen LogP contribution in [0.1, 0.15) is 97.5 Å². The first kappa shape index (κ1) is 43.7. The monoisotopic (exact) mass is 883 g/mol. The maximum atomic E-state index is 4.75. The zero-order valence-electron chi connectivity index (χ0n) is 39.3. The molecule has 1 nitrogen and oxygen atoms in total. The normalized spacial score (nSPS) is 16.6. The van der Waals surface area contributed by atoms with Gasteiger partial charge in [-0.3, -0.25) is 0 Å². The van der Waals surface area contributed by atoms with Gasteiger partial charge < -0.3 is 4.90 Å². The molecule has 0 unspecified atom stereocenters. The highest BCUT2D eigenvalue weighted by Gasteiger charge is 2.47. The van der Waals surface area contributed by atoms with Crippen LogP contribution in [0.15, 0.2) is 236 Å². The third kappa shape index (κ3) is 7.27. The highest BCUT2D eigenvalue weighted by molar-refractivity contribution is 8.08. The van der Waals surface area contributed by atoms with E-state index in [0.29, 0.717) is 0 Å². The predicted octanol–water partition coefficient (Wildman–Crippen LogP) is 18.1. The van der Waals surface area contributed by atoms with Crippen LogP contribution in [-0.4, -0.2) is 0 Å². The lowest BCUT2D eigenvalue weighted by Gasteiger charge is -2.35. The first-order valence-electron chi connectivity index (χ1n) is 23.8. The lowest BCUT2D eigenvalue weighted by atomic mass is 9.67. The van der Waals surface area contributed by atoms with Crippen molar-refractivity contribution >= 4 is 56.0 Å². The first-order valence-corrected chi connectivity index (χ1v) is 24.6. The number of fused-ring (bicyclic) bond motifs is 5. The van der Waals surface area contributed by atoms with Crippen LogP contribution in [-0.2, 0) is 10.8 Å². The minimum Gasteiger partial charge on any atom is -0.309 e. The van der Waals surface area contributed by atoms with Crippen LogP contribution in [0.2, 0.25) is 0 Å². The smallest absolute Gasteiger partial charge is 0.0718 e. The first-order chi connectivity index (χ1) is 32.8. The topological polar surface area (TPSA) is 3.24 Å². The summed E-state index contributed by atoms with van der Waals surface area (Å²) in [7, 11) is 0. The zero-order chi connectivity index (χ0) is 46.3. The molecule has 2 heteroatoms. The minimum absolute atomic E-state index is 0.0173. The van der Waals surface area contributed by atoms with E-state index in [-0.39, 0.29) is 5.41 Å². The Bertz CT molecular complexity index is 3170. The fourth-order valence-corrected chi connectivity index (χ4v) is 12.4. The maximum absolute atomic E-state index is 4.75. The van der Waals surface area contributed by atoms with Gasteiger partial charge in [-0.1, -0.05) is 229 Å². The van der Waals surface area contributed by atoms with Crippen molar-refractivity contribution in [2.24, 2.45) is 0 Å². The fraction of sp³-hybridized carbons (Fsp3) is 0.138. The summed E-state index contributed by atoms with van der Waals surface area (Å²) < 4.78 is 0. The summed E-state index contributed by atoms with van der Waals surface area (Å²) in [5.41, 5.74) is 21.8. The van der Waals surface area contributed by atoms with Crippen molar-refractivity contribution in [3.05, 3.63) is 281 Å². The molecule has 0 N–H and O–H groups in total. The minimum atomic E-state index is -0.521. The summed E-state index contributed by atoms with van der Waals surface area (Å²) in [4.78, 5) is 4.87. The quantitative estimate of drug-likeness (QED) is 0.140. The van der Waals surface area contributed by atoms with E-state index in [1.165, 1.54) is 71.0 Å². The number of nitrogens with zero attached hydrogens (tertiary/aromatic N) is 1. The molecule has 11 rings (SSSR count). The number of anilines is 3. The second-order valence-corrected chi connectivity index (χ2v) is 19.1. The van der Waals surface area contributed by atoms with Gasteiger partial charge in [-0.2, -0.15) is 0 Å². The van der Waals surface area contributed by atoms with Crippen molar-refractivity contribution in [1.29, 1.82) is 0 Å². The summed E-state index contributed by atoms with van der Waals surface area (Å²) in [5, 5.41) is 0. The Morgan fingerprint density at radius 1 is 0.597 bits per heavy atom. The molecular weight excluding hydrogens is 827 g/mol. The Morgan fingerprint density at radius 3 is 1.84 bits per heavy atom. The number of allylic oxidation sites excluding steroid dienone is 11. The van der Waals surface area contributed by atoms with E-state index in [9.17, 15) is 0 Å². The average Bonchev–Trinajstić information content (AvgIpc) is 3.78. The van der Waals surface area contributed by atoms with Crippen molar-refractivity contribution < 1.29 is 0 Å². The second-order valence-electron chi connectivity index (χ2n) is 18.1. The van der Waals surface area contributed by atoms with Crippen LogP contribution in [0, 0.1) is 0 Å². The van der Waals surface area contributed by atoms with Gasteiger partial charge in [-0.25, -0.2) is 0 Å². The van der Waals surface area contributed by atoms with Gasteiger partial charge in [-0.15, -0.1) is 0 Å². The summed E-state index contributed by atoms with van der Waals surface area (Å²) >= 11 is 1.88. The molecule has 0 atom stereocenters. The molecule has 67 heavy (non-hydrogen) atoms. The molecule has 7 aromatic rings. The van der Waals surface area contributed by atoms with Gasteiger partial charge in [0.15, 0.2) is 0 Å². The van der Waals surface area contributed by atoms with Gasteiger partial charge in [0.1, 0.15) is 0 Å². The van der Waals surface area contributed by atoms with Crippen LogP contribution in [0.3, 0.4) is 0 Å². The number of benzene rings is 7. The van der Waals surface area contributed by atoms with Crippen LogP contribution in [0.5, 0.6) is 0 Å². The summed E-state index contributed by atoms with van der Waals surface area (Å²) in [6.07, 6.45) is 13.3. The lowest BCUT2D eigenvalue weighted by Crippen LogP contribution is -2.29. The second kappa shape index (κ2) is 17.9. The molecule has 3 aliphatic carbocycles. The Kier molecular flexibility index (Phi) is 11.7. The van der Waals surface area contributed by atoms with E-state index >= 15 is 0 Å². The van der Waals surface area contributed by atoms with Gasteiger partial charge >= 0.3 is 0 Å². The molecule has 7 aromatic carbocycles. The van der Waals surface area contributed by atoms with E-state index in [2.05, 4.69) is 226 Å². The molecule has 1 aliphatic heterocycles. The van der Waals surface area contributed by atoms with Crippen molar-refractivity contribution in [3.8, 4) is 0 Å². The number of hydrogen-bond acceptors (Lipinski definition) is 2. The van der Waals surface area contributed by atoms with Crippen molar-refractivity contribution in [2.45, 2.75) is 63.2 Å². The summed E-state index contributed by atoms with van der Waals surface area (Å²) in [6, 6.07) is 65.0. The highest BCUT2D eigenvalue weighted by atomic mass is 32.2. The molecular formula is C65H57NS. The molecule has 0 radical (unpaired) electrons. The van der Waals surface area contributed by atoms with Gasteiger partial charge in [0.25, 0.3) is 0 Å². The molecule has 1 heterocycles. The molecule has 0 aromatic heterocycles. The fourth-order valence-electron chi connectivity index (χ4n) is 11.0. The zero-order valence-corrected chi connectivity index (χ0v) is 40.1. The van der Waals surface area contributed by atoms with E-state index in [0.717, 1.165) is 52.2 Å². The Morgan fingerprint density at radius 2 is 1.18 bits per heavy atom. The molecule has 0 spiro atoms. The molecule has 0 bridgehead atoms. The highest BCUT2D eigenvalue weighted by Crippen LogP contribution is 2.61. The Hall–Kier alpha value is -7.13. The molecule has 0 fully saturated rings. The molecule has 0 saturated carbocycles. The van der Waals surface area contributed by atoms with Gasteiger partial charge in [0.05, 0.1) is 11.1 Å². The van der Waals surface area contributed by atoms with Crippen LogP contribution in [0.4, 0.5) is 17.1 Å². The van der Waals surface area contributed by atoms with E-state index in [4.69, 9.17) is 6.58 Å². The van der Waals surface area contributed by atoms with Gasteiger partial charge in [0.2, 0.25) is 0 Å². The third-order valence-corrected chi connectivity index (χ3v) is 15.4. The van der Waals surface area contributed by atoms with Crippen molar-refractivity contribution in [3.63, 3.8) is 0 Å². The molecule has 0 amide bonds. The number of hydrogen-bond donors (Lipinski definition) is 0. The summed E-state index contributed by atoms with van der Waals surface area (Å²) in [6.45, 7) is 19.9. The van der Waals surface area contributed by atoms with E-state index < -0.39 is 5.41 Å². The molecule has 328 valence electrons. The van der Waals surface area contributed by atoms with E-state index in [1.54, 1.807) is 0 Å². The van der Waals surface area contributed by atoms with Crippen molar-refractivity contribution in [1.82, 2.24) is 0 Å². The standard InChI is InChI=1S/C63H51NS.C2H6/c1-6-18-42(2)44-30-35-49(36-31-44)64(50-37-32-45(33-38-50)46-34-39-53-52-23-13-15-26-55(52)62(4,5)58(53)41-46)59-28-17-25-51-43(3)29-40-57-60(65-61(51)59)54-24-14-16-27-56(54)63(57,47-19-9-7-10-20-47)48-21-11-8-12-22-48;1-2/h6-33,35-38,40-41H,2-3,34,39H2,1,4-5H3;1-2H3/b18-6-,40-29-;. The van der Waals surface area contributed by atoms with E-state index in [1.807, 2.05) is 38.6 Å². The van der Waals surface area contributed by atoms with Gasteiger partial charge in [0, 0.05) is 26.6 Å². The Balaban J connectivity index is 0.00000259. The van der Waals surface area contributed by atoms with Crippen LogP contribution >= 0.6 is 11.8 Å². The number of thioether (sulfide) groups is 1. The maximum Gasteiger partial charge on any atom is 0.0718 e. The molecule has 4 aliphatic rings. The Labute approximate surface area is 402 Å². The molecule has 0 saturated heterocycles. The SMILES string of the molecule is C=C(/C=C\C)c1ccc(N(c2ccc(C3=CC4=C(CC3)c3ccccc3C4(C)C)cc2)c2cccc3c2SC2=C(/C=C\C3=C)C(c3ccccc3)(c3ccccc3)c3ccccc32)cc1.CC. The van der Waals surface area contributed by atoms with Crippen LogP contribution < -0.4 is 4.90 Å². The average molecular weight is 884 g/mol. The third-order valence-electron chi connectivity index (χ3n) is 14.1. The van der Waals surface area contributed by atoms with Crippen molar-refractivity contribution in [2.75, 3.05) is 4.90 Å². The summed E-state index contributed by atoms with van der Waals surface area (Å²) in [5.74, 6) is 0.